The highest BCUT2D eigenvalue weighted by Crippen LogP contribution is 2.39. The Morgan fingerprint density at radius 2 is 2.20 bits per heavy atom. The van der Waals surface area contributed by atoms with Crippen LogP contribution in [0.3, 0.4) is 0 Å². The molecule has 1 aliphatic heterocycles. The molecule has 2 aliphatic carbocycles. The van der Waals surface area contributed by atoms with Crippen LogP contribution in [0.15, 0.2) is 46.1 Å². The second-order valence-corrected chi connectivity index (χ2v) is 7.36. The smallest absolute Gasteiger partial charge is 0.234 e. The fourth-order valence-corrected chi connectivity index (χ4v) is 3.37. The molecule has 25 heavy (non-hydrogen) atoms. The Kier molecular flexibility index (Phi) is 4.34. The number of allylic oxidation sites excluding steroid dienone is 5. The normalized spacial score (nSPS) is 27.1. The number of anilines is 1. The van der Waals surface area contributed by atoms with Crippen molar-refractivity contribution in [2.75, 3.05) is 5.32 Å². The van der Waals surface area contributed by atoms with Crippen LogP contribution in [0.25, 0.3) is 0 Å². The van der Waals surface area contributed by atoms with Crippen molar-refractivity contribution >= 4 is 29.0 Å². The van der Waals surface area contributed by atoms with Crippen molar-refractivity contribution in [1.29, 1.82) is 0 Å². The molecular weight excluding hydrogens is 336 g/mol. The summed E-state index contributed by atoms with van der Waals surface area (Å²) < 4.78 is 0. The number of amides is 1. The van der Waals surface area contributed by atoms with Gasteiger partial charge in [-0.3, -0.25) is 14.9 Å². The Hall–Kier alpha value is -2.14. The number of carbonyl (C=O) groups excluding carboxylic acids is 1. The van der Waals surface area contributed by atoms with Gasteiger partial charge in [0.1, 0.15) is 0 Å². The predicted octanol–water partition coefficient (Wildman–Crippen LogP) is 4.29. The SMILES string of the molecule is C[C@@H](C(=O)Nc1cc(C2CC2)[nH]n1)C1=CC2CC/C=C(Cl)\C=C/C2=N1. The fraction of sp³-hybridized carbons (Fsp3) is 0.421. The third-order valence-corrected chi connectivity index (χ3v) is 5.22. The van der Waals surface area contributed by atoms with Gasteiger partial charge in [0.25, 0.3) is 0 Å². The van der Waals surface area contributed by atoms with Crippen LogP contribution in [0.2, 0.25) is 0 Å². The lowest BCUT2D eigenvalue weighted by Crippen LogP contribution is -2.21. The second-order valence-electron chi connectivity index (χ2n) is 6.93. The van der Waals surface area contributed by atoms with E-state index >= 15 is 0 Å². The molecule has 2 heterocycles. The third kappa shape index (κ3) is 3.61. The molecule has 6 heteroatoms. The Morgan fingerprint density at radius 3 is 3.00 bits per heavy atom. The zero-order valence-corrected chi connectivity index (χ0v) is 14.9. The number of halogens is 1. The highest BCUT2D eigenvalue weighted by Gasteiger charge is 2.28. The molecule has 0 spiro atoms. The molecule has 1 aromatic heterocycles. The van der Waals surface area contributed by atoms with Gasteiger partial charge < -0.3 is 5.32 Å². The van der Waals surface area contributed by atoms with Gasteiger partial charge in [-0.1, -0.05) is 23.8 Å². The quantitative estimate of drug-likeness (QED) is 0.844. The summed E-state index contributed by atoms with van der Waals surface area (Å²) in [5, 5.41) is 10.8. The molecule has 1 amide bonds. The van der Waals surface area contributed by atoms with Gasteiger partial charge in [-0.25, -0.2) is 0 Å². The Balaban J connectivity index is 1.44. The molecule has 0 saturated heterocycles. The molecule has 2 atom stereocenters. The lowest BCUT2D eigenvalue weighted by atomic mass is 9.95. The largest absolute Gasteiger partial charge is 0.309 e. The van der Waals surface area contributed by atoms with E-state index < -0.39 is 0 Å². The molecule has 5 nitrogen and oxygen atoms in total. The monoisotopic (exact) mass is 356 g/mol. The minimum Gasteiger partial charge on any atom is -0.309 e. The van der Waals surface area contributed by atoms with Crippen LogP contribution in [0.1, 0.15) is 44.2 Å². The summed E-state index contributed by atoms with van der Waals surface area (Å²) in [7, 11) is 0. The van der Waals surface area contributed by atoms with Crippen LogP contribution in [0, 0.1) is 11.8 Å². The summed E-state index contributed by atoms with van der Waals surface area (Å²) in [6, 6.07) is 1.93. The first kappa shape index (κ1) is 16.3. The van der Waals surface area contributed by atoms with Crippen molar-refractivity contribution in [3.63, 3.8) is 0 Å². The first-order valence-electron chi connectivity index (χ1n) is 8.80. The summed E-state index contributed by atoms with van der Waals surface area (Å²) in [6.07, 6.45) is 12.2. The summed E-state index contributed by atoms with van der Waals surface area (Å²) in [5.41, 5.74) is 2.91. The van der Waals surface area contributed by atoms with E-state index in [1.165, 1.54) is 12.8 Å². The number of carbonyl (C=O) groups is 1. The van der Waals surface area contributed by atoms with Crippen molar-refractivity contribution in [3.05, 3.63) is 46.8 Å². The molecule has 1 aromatic rings. The van der Waals surface area contributed by atoms with Crippen molar-refractivity contribution in [2.45, 2.75) is 38.5 Å². The molecule has 0 aromatic carbocycles. The predicted molar refractivity (Wildman–Crippen MR) is 99.7 cm³/mol. The number of aliphatic imine (C=N–C) groups is 1. The van der Waals surface area contributed by atoms with Crippen LogP contribution >= 0.6 is 11.6 Å². The Labute approximate surface area is 151 Å². The van der Waals surface area contributed by atoms with Crippen LogP contribution in [-0.2, 0) is 4.79 Å². The maximum atomic E-state index is 12.6. The Bertz CT molecular complexity index is 813. The molecule has 3 aliphatic rings. The summed E-state index contributed by atoms with van der Waals surface area (Å²) >= 11 is 6.08. The molecule has 130 valence electrons. The first-order chi connectivity index (χ1) is 12.1. The maximum absolute atomic E-state index is 12.6. The minimum absolute atomic E-state index is 0.0844. The standard InChI is InChI=1S/C19H21ClN4O/c1-11(19(25)22-18-10-17(23-24-18)12-5-6-12)16-9-13-3-2-4-14(20)7-8-15(13)21-16/h4,7-13H,2-3,5-6H2,1H3,(H2,22,23,24,25)/b8-7-,14-4+/t11-,13?/m1/s1. The van der Waals surface area contributed by atoms with Crippen LogP contribution in [0.5, 0.6) is 0 Å². The Morgan fingerprint density at radius 1 is 1.36 bits per heavy atom. The van der Waals surface area contributed by atoms with E-state index in [9.17, 15) is 4.79 Å². The molecule has 0 bridgehead atoms. The van der Waals surface area contributed by atoms with Crippen LogP contribution < -0.4 is 5.32 Å². The average molecular weight is 357 g/mol. The third-order valence-electron chi connectivity index (χ3n) is 4.94. The molecular formula is C19H21ClN4O. The number of hydrogen-bond donors (Lipinski definition) is 2. The number of fused-ring (bicyclic) bond motifs is 1. The molecule has 1 fully saturated rings. The molecule has 1 saturated carbocycles. The minimum atomic E-state index is -0.321. The maximum Gasteiger partial charge on any atom is 0.234 e. The lowest BCUT2D eigenvalue weighted by Gasteiger charge is -2.09. The summed E-state index contributed by atoms with van der Waals surface area (Å²) in [5.74, 6) is 1.03. The van der Waals surface area contributed by atoms with Gasteiger partial charge >= 0.3 is 0 Å². The van der Waals surface area contributed by atoms with Gasteiger partial charge in [0, 0.05) is 40.0 Å². The zero-order chi connectivity index (χ0) is 17.4. The number of aromatic nitrogens is 2. The molecule has 2 N–H and O–H groups in total. The number of nitrogens with one attached hydrogen (secondary N) is 2. The highest BCUT2D eigenvalue weighted by atomic mass is 35.5. The number of H-pyrrole nitrogens is 1. The van der Waals surface area contributed by atoms with Crippen LogP contribution in [0.4, 0.5) is 5.82 Å². The summed E-state index contributed by atoms with van der Waals surface area (Å²) in [4.78, 5) is 17.2. The molecule has 4 rings (SSSR count). The van der Waals surface area contributed by atoms with E-state index in [1.54, 1.807) is 0 Å². The van der Waals surface area contributed by atoms with Gasteiger partial charge in [0.15, 0.2) is 5.82 Å². The molecule has 1 unspecified atom stereocenters. The zero-order valence-electron chi connectivity index (χ0n) is 14.1. The van der Waals surface area contributed by atoms with Gasteiger partial charge in [0.2, 0.25) is 5.91 Å². The topological polar surface area (TPSA) is 70.1 Å². The number of nitrogens with zero attached hydrogens (tertiary/aromatic N) is 2. The summed E-state index contributed by atoms with van der Waals surface area (Å²) in [6.45, 7) is 1.88. The lowest BCUT2D eigenvalue weighted by molar-refractivity contribution is -0.118. The number of aromatic amines is 1. The number of rotatable bonds is 4. The van der Waals surface area contributed by atoms with Crippen molar-refractivity contribution < 1.29 is 4.79 Å². The van der Waals surface area contributed by atoms with E-state index in [0.717, 1.165) is 35.0 Å². The fourth-order valence-electron chi connectivity index (χ4n) is 3.20. The van der Waals surface area contributed by atoms with E-state index in [0.29, 0.717) is 11.7 Å². The van der Waals surface area contributed by atoms with Crippen molar-refractivity contribution in [2.24, 2.45) is 16.8 Å². The average Bonchev–Trinajstić information content (AvgIpc) is 3.21. The van der Waals surface area contributed by atoms with E-state index in [-0.39, 0.29) is 17.7 Å². The highest BCUT2D eigenvalue weighted by molar-refractivity contribution is 6.31. The number of hydrogen-bond acceptors (Lipinski definition) is 3. The van der Waals surface area contributed by atoms with E-state index in [1.807, 2.05) is 31.2 Å². The van der Waals surface area contributed by atoms with Gasteiger partial charge in [-0.15, -0.1) is 0 Å². The van der Waals surface area contributed by atoms with E-state index in [2.05, 4.69) is 26.6 Å². The van der Waals surface area contributed by atoms with Crippen LogP contribution in [-0.4, -0.2) is 21.8 Å². The van der Waals surface area contributed by atoms with Crippen molar-refractivity contribution in [3.8, 4) is 0 Å². The van der Waals surface area contributed by atoms with Crippen molar-refractivity contribution in [1.82, 2.24) is 10.2 Å². The first-order valence-corrected chi connectivity index (χ1v) is 9.18. The van der Waals surface area contributed by atoms with E-state index in [4.69, 9.17) is 11.6 Å². The molecule has 0 radical (unpaired) electrons. The van der Waals surface area contributed by atoms with Gasteiger partial charge in [-0.05, 0) is 44.8 Å². The van der Waals surface area contributed by atoms with Gasteiger partial charge in [0.05, 0.1) is 5.92 Å². The van der Waals surface area contributed by atoms with Gasteiger partial charge in [-0.2, -0.15) is 5.10 Å². The second kappa shape index (κ2) is 6.64.